The minimum Gasteiger partial charge on any atom is -0.318 e. The zero-order valence-electron chi connectivity index (χ0n) is 11.6. The van der Waals surface area contributed by atoms with Crippen LogP contribution in [0.25, 0.3) is 0 Å². The Hall–Kier alpha value is -0.120. The molecule has 2 aliphatic rings. The maximum absolute atomic E-state index is 3.37. The summed E-state index contributed by atoms with van der Waals surface area (Å²) in [7, 11) is 2.09. The quantitative estimate of drug-likeness (QED) is 0.785. The summed E-state index contributed by atoms with van der Waals surface area (Å²) in [6, 6.07) is 1.61. The van der Waals surface area contributed by atoms with Crippen molar-refractivity contribution in [2.45, 2.75) is 51.1 Å². The second-order valence-corrected chi connectivity index (χ2v) is 5.68. The van der Waals surface area contributed by atoms with E-state index in [9.17, 15) is 0 Å². The molecule has 0 aromatic carbocycles. The Kier molecular flexibility index (Phi) is 5.26. The normalized spacial score (nSPS) is 28.9. The smallest absolute Gasteiger partial charge is 0.0223 e. The third kappa shape index (κ3) is 3.43. The first-order valence-corrected chi connectivity index (χ1v) is 7.47. The van der Waals surface area contributed by atoms with Gasteiger partial charge in [0.25, 0.3) is 0 Å². The lowest BCUT2D eigenvalue weighted by atomic mass is 10.1. The van der Waals surface area contributed by atoms with Gasteiger partial charge in [-0.25, -0.2) is 0 Å². The van der Waals surface area contributed by atoms with Crippen LogP contribution in [0.1, 0.15) is 39.0 Å². The molecule has 0 spiro atoms. The zero-order chi connectivity index (χ0) is 12.1. The van der Waals surface area contributed by atoms with E-state index < -0.39 is 0 Å². The topological polar surface area (TPSA) is 18.5 Å². The molecule has 2 fully saturated rings. The Balaban J connectivity index is 1.93. The fourth-order valence-corrected chi connectivity index (χ4v) is 3.55. The molecule has 3 heteroatoms. The summed E-state index contributed by atoms with van der Waals surface area (Å²) in [5.41, 5.74) is 0. The minimum absolute atomic E-state index is 0.755. The first-order chi connectivity index (χ1) is 8.35. The van der Waals surface area contributed by atoms with E-state index in [1.54, 1.807) is 0 Å². The second-order valence-electron chi connectivity index (χ2n) is 5.68. The monoisotopic (exact) mass is 239 g/mol. The number of hydrogen-bond acceptors (Lipinski definition) is 3. The molecule has 0 bridgehead atoms. The molecule has 2 unspecified atom stereocenters. The first-order valence-electron chi connectivity index (χ1n) is 7.47. The van der Waals surface area contributed by atoms with Gasteiger partial charge < -0.3 is 5.32 Å². The molecule has 2 aliphatic heterocycles. The fraction of sp³-hybridized carbons (Fsp3) is 1.00. The largest absolute Gasteiger partial charge is 0.318 e. The molecule has 2 atom stereocenters. The van der Waals surface area contributed by atoms with Gasteiger partial charge in [-0.05, 0) is 52.4 Å². The van der Waals surface area contributed by atoms with E-state index >= 15 is 0 Å². The summed E-state index contributed by atoms with van der Waals surface area (Å²) < 4.78 is 0. The van der Waals surface area contributed by atoms with Crippen LogP contribution in [-0.4, -0.2) is 61.7 Å². The summed E-state index contributed by atoms with van der Waals surface area (Å²) >= 11 is 0. The Labute approximate surface area is 107 Å². The number of nitrogens with one attached hydrogen (secondary N) is 1. The van der Waals surface area contributed by atoms with Crippen LogP contribution in [-0.2, 0) is 0 Å². The third-order valence-corrected chi connectivity index (χ3v) is 4.41. The zero-order valence-corrected chi connectivity index (χ0v) is 11.6. The molecule has 17 heavy (non-hydrogen) atoms. The molecular weight excluding hydrogens is 210 g/mol. The van der Waals surface area contributed by atoms with Crippen molar-refractivity contribution in [1.29, 1.82) is 0 Å². The Morgan fingerprint density at radius 3 is 2.82 bits per heavy atom. The van der Waals surface area contributed by atoms with Crippen LogP contribution in [0, 0.1) is 0 Å². The van der Waals surface area contributed by atoms with E-state index in [2.05, 4.69) is 29.1 Å². The molecular formula is C14H29N3. The van der Waals surface area contributed by atoms with Gasteiger partial charge in [-0.1, -0.05) is 13.3 Å². The molecule has 0 aliphatic carbocycles. The van der Waals surface area contributed by atoms with Gasteiger partial charge in [-0.3, -0.25) is 9.80 Å². The summed E-state index contributed by atoms with van der Waals surface area (Å²) in [6.07, 6.45) is 6.85. The van der Waals surface area contributed by atoms with Crippen LogP contribution in [0.5, 0.6) is 0 Å². The van der Waals surface area contributed by atoms with Gasteiger partial charge >= 0.3 is 0 Å². The molecule has 1 N–H and O–H groups in total. The van der Waals surface area contributed by atoms with Crippen LogP contribution >= 0.6 is 0 Å². The lowest BCUT2D eigenvalue weighted by molar-refractivity contribution is 0.163. The Bertz CT molecular complexity index is 214. The van der Waals surface area contributed by atoms with Gasteiger partial charge in [0, 0.05) is 25.2 Å². The molecule has 0 amide bonds. The highest BCUT2D eigenvalue weighted by Crippen LogP contribution is 2.23. The van der Waals surface area contributed by atoms with E-state index in [0.29, 0.717) is 0 Å². The van der Waals surface area contributed by atoms with Crippen LogP contribution in [0.15, 0.2) is 0 Å². The van der Waals surface area contributed by atoms with Crippen molar-refractivity contribution in [3.8, 4) is 0 Å². The van der Waals surface area contributed by atoms with E-state index in [4.69, 9.17) is 0 Å². The number of likely N-dealkylation sites (N-methyl/N-ethyl adjacent to an activating group) is 1. The van der Waals surface area contributed by atoms with Gasteiger partial charge in [0.1, 0.15) is 0 Å². The summed E-state index contributed by atoms with van der Waals surface area (Å²) in [4.78, 5) is 5.48. The standard InChI is InChI=1S/C14H29N3/c1-3-6-13(11-15-2)17-10-5-9-16-8-4-7-14(16)12-17/h13-15H,3-12H2,1-2H3. The van der Waals surface area contributed by atoms with Gasteiger partial charge in [0.15, 0.2) is 0 Å². The van der Waals surface area contributed by atoms with Gasteiger partial charge in [0.2, 0.25) is 0 Å². The average Bonchev–Trinajstić information content (AvgIpc) is 2.66. The maximum atomic E-state index is 3.37. The lowest BCUT2D eigenvalue weighted by Gasteiger charge is -2.32. The highest BCUT2D eigenvalue weighted by molar-refractivity contribution is 4.87. The molecule has 0 saturated carbocycles. The van der Waals surface area contributed by atoms with E-state index in [1.807, 2.05) is 0 Å². The van der Waals surface area contributed by atoms with Crippen molar-refractivity contribution >= 4 is 0 Å². The van der Waals surface area contributed by atoms with E-state index in [0.717, 1.165) is 18.6 Å². The lowest BCUT2D eigenvalue weighted by Crippen LogP contribution is -2.45. The maximum Gasteiger partial charge on any atom is 0.0223 e. The van der Waals surface area contributed by atoms with E-state index in [-0.39, 0.29) is 0 Å². The summed E-state index contributed by atoms with van der Waals surface area (Å²) in [6.45, 7) is 8.76. The highest BCUT2D eigenvalue weighted by atomic mass is 15.3. The predicted molar refractivity (Wildman–Crippen MR) is 73.4 cm³/mol. The molecule has 3 nitrogen and oxygen atoms in total. The number of fused-ring (bicyclic) bond motifs is 1. The predicted octanol–water partition coefficient (Wildman–Crippen LogP) is 1.54. The third-order valence-electron chi connectivity index (χ3n) is 4.41. The van der Waals surface area contributed by atoms with Crippen molar-refractivity contribution in [1.82, 2.24) is 15.1 Å². The van der Waals surface area contributed by atoms with Crippen molar-refractivity contribution in [2.24, 2.45) is 0 Å². The molecule has 0 aromatic rings. The fourth-order valence-electron chi connectivity index (χ4n) is 3.55. The minimum atomic E-state index is 0.755. The first kappa shape index (κ1) is 13.3. The van der Waals surface area contributed by atoms with Crippen molar-refractivity contribution in [3.05, 3.63) is 0 Å². The second kappa shape index (κ2) is 6.72. The van der Waals surface area contributed by atoms with Crippen LogP contribution in [0.4, 0.5) is 0 Å². The van der Waals surface area contributed by atoms with Crippen LogP contribution in [0.3, 0.4) is 0 Å². The number of hydrogen-bond donors (Lipinski definition) is 1. The molecule has 2 saturated heterocycles. The van der Waals surface area contributed by atoms with Gasteiger partial charge in [-0.15, -0.1) is 0 Å². The van der Waals surface area contributed by atoms with E-state index in [1.165, 1.54) is 58.3 Å². The molecule has 2 rings (SSSR count). The van der Waals surface area contributed by atoms with Crippen LogP contribution in [0.2, 0.25) is 0 Å². The van der Waals surface area contributed by atoms with Gasteiger partial charge in [0.05, 0.1) is 0 Å². The highest BCUT2D eigenvalue weighted by Gasteiger charge is 2.30. The van der Waals surface area contributed by atoms with Crippen molar-refractivity contribution < 1.29 is 0 Å². The Morgan fingerprint density at radius 2 is 2.06 bits per heavy atom. The summed E-state index contributed by atoms with van der Waals surface area (Å²) in [5, 5.41) is 3.37. The molecule has 0 aromatic heterocycles. The summed E-state index contributed by atoms with van der Waals surface area (Å²) in [5.74, 6) is 0. The van der Waals surface area contributed by atoms with Crippen LogP contribution < -0.4 is 5.32 Å². The molecule has 0 radical (unpaired) electrons. The molecule has 100 valence electrons. The van der Waals surface area contributed by atoms with Crippen molar-refractivity contribution in [3.63, 3.8) is 0 Å². The Morgan fingerprint density at radius 1 is 1.24 bits per heavy atom. The number of rotatable bonds is 5. The molecule has 2 heterocycles. The van der Waals surface area contributed by atoms with Crippen molar-refractivity contribution in [2.75, 3.05) is 39.8 Å². The average molecular weight is 239 g/mol. The number of nitrogens with zero attached hydrogens (tertiary/aromatic N) is 2. The SMILES string of the molecule is CCCC(CNC)N1CCCN2CCCC2C1. The van der Waals surface area contributed by atoms with Gasteiger partial charge in [-0.2, -0.15) is 0 Å².